The van der Waals surface area contributed by atoms with Gasteiger partial charge in [0.25, 0.3) is 0 Å². The molecule has 1 aliphatic rings. The number of nitriles is 1. The van der Waals surface area contributed by atoms with E-state index in [1.54, 1.807) is 12.1 Å². The molecule has 0 amide bonds. The highest BCUT2D eigenvalue weighted by atomic mass is 35.5. The Bertz CT molecular complexity index is 1140. The highest BCUT2D eigenvalue weighted by Crippen LogP contribution is 2.20. The van der Waals surface area contributed by atoms with Crippen molar-refractivity contribution in [3.8, 4) is 11.8 Å². The Kier molecular flexibility index (Phi) is 4.85. The third-order valence-electron chi connectivity index (χ3n) is 4.54. The third-order valence-corrected chi connectivity index (χ3v) is 4.98. The number of benzene rings is 2. The molecule has 4 rings (SSSR count). The van der Waals surface area contributed by atoms with E-state index in [4.69, 9.17) is 33.2 Å². The predicted octanol–water partition coefficient (Wildman–Crippen LogP) is 2.58. The molecule has 0 N–H and O–H groups in total. The lowest BCUT2D eigenvalue weighted by molar-refractivity contribution is 0.0374. The third kappa shape index (κ3) is 3.38. The number of fused-ring (bicyclic) bond motifs is 1. The van der Waals surface area contributed by atoms with Crippen LogP contribution in [0.5, 0.6) is 0 Å². The Morgan fingerprint density at radius 1 is 1.00 bits per heavy atom. The summed E-state index contributed by atoms with van der Waals surface area (Å²) >= 11 is 12.0. The van der Waals surface area contributed by atoms with E-state index >= 15 is 0 Å². The fourth-order valence-electron chi connectivity index (χ4n) is 3.20. The molecular weight excluding hydrogens is 403 g/mol. The minimum Gasteiger partial charge on any atom is -0.370 e. The molecule has 1 aromatic heterocycles. The zero-order valence-electron chi connectivity index (χ0n) is 14.5. The number of hydrogen-bond acceptors (Lipinski definition) is 4. The Hall–Kier alpha value is -2.79. The summed E-state index contributed by atoms with van der Waals surface area (Å²) in [7, 11) is 0. The van der Waals surface area contributed by atoms with E-state index in [-0.39, 0.29) is 19.2 Å². The van der Waals surface area contributed by atoms with E-state index in [0.29, 0.717) is 27.9 Å². The maximum atomic E-state index is 12.7. The van der Waals surface area contributed by atoms with Crippen molar-refractivity contribution in [2.45, 2.75) is 25.8 Å². The van der Waals surface area contributed by atoms with Crippen molar-refractivity contribution >= 4 is 23.2 Å². The maximum absolute atomic E-state index is 12.7. The molecule has 2 aromatic carbocycles. The standard InChI is InChI=1S/C19H14Cl2N4O3/c20-14-5-15(21)7-16(6-14)25-18(26)23-9-17(10-24(23)19(25)27)28-11-13-3-1-12(8-22)2-4-13/h1-7,17H,9-11H2. The summed E-state index contributed by atoms with van der Waals surface area (Å²) in [6, 6.07) is 13.7. The van der Waals surface area contributed by atoms with E-state index in [1.807, 2.05) is 12.1 Å². The minimum absolute atomic E-state index is 0.269. The van der Waals surface area contributed by atoms with Gasteiger partial charge < -0.3 is 4.74 Å². The van der Waals surface area contributed by atoms with Gasteiger partial charge in [0.15, 0.2) is 0 Å². The maximum Gasteiger partial charge on any atom is 0.351 e. The molecule has 0 unspecified atom stereocenters. The Balaban J connectivity index is 1.53. The Morgan fingerprint density at radius 3 is 2.11 bits per heavy atom. The summed E-state index contributed by atoms with van der Waals surface area (Å²) in [6.07, 6.45) is -0.298. The zero-order valence-corrected chi connectivity index (χ0v) is 16.0. The molecule has 1 aliphatic heterocycles. The van der Waals surface area contributed by atoms with E-state index in [0.717, 1.165) is 10.1 Å². The summed E-state index contributed by atoms with van der Waals surface area (Å²) in [5, 5.41) is 9.51. The fourth-order valence-corrected chi connectivity index (χ4v) is 3.71. The molecule has 0 aliphatic carbocycles. The van der Waals surface area contributed by atoms with Crippen LogP contribution in [0.15, 0.2) is 52.1 Å². The fraction of sp³-hybridized carbons (Fsp3) is 0.211. The molecular formula is C19H14Cl2N4O3. The van der Waals surface area contributed by atoms with Gasteiger partial charge in [-0.1, -0.05) is 35.3 Å². The molecule has 0 atom stereocenters. The molecule has 9 heteroatoms. The number of hydrogen-bond donors (Lipinski definition) is 0. The predicted molar refractivity (Wildman–Crippen MR) is 104 cm³/mol. The largest absolute Gasteiger partial charge is 0.370 e. The lowest BCUT2D eigenvalue weighted by Crippen LogP contribution is -2.31. The summed E-state index contributed by atoms with van der Waals surface area (Å²) < 4.78 is 9.62. The van der Waals surface area contributed by atoms with Crippen molar-refractivity contribution in [3.05, 3.63) is 84.6 Å². The first-order valence-electron chi connectivity index (χ1n) is 8.46. The van der Waals surface area contributed by atoms with Crippen molar-refractivity contribution in [1.29, 1.82) is 5.26 Å². The Labute approximate surface area is 169 Å². The molecule has 2 heterocycles. The lowest BCUT2D eigenvalue weighted by atomic mass is 10.1. The number of nitrogens with zero attached hydrogens (tertiary/aromatic N) is 4. The van der Waals surface area contributed by atoms with Crippen LogP contribution in [-0.4, -0.2) is 20.0 Å². The smallest absolute Gasteiger partial charge is 0.351 e. The summed E-state index contributed by atoms with van der Waals surface area (Å²) in [4.78, 5) is 25.5. The molecule has 0 fully saturated rings. The SMILES string of the molecule is N#Cc1ccc(COC2Cn3c(=O)n(-c4cc(Cl)cc(Cl)c4)c(=O)n3C2)cc1. The second-order valence-corrected chi connectivity index (χ2v) is 7.31. The van der Waals surface area contributed by atoms with Crippen LogP contribution in [0, 0.1) is 11.3 Å². The van der Waals surface area contributed by atoms with Crippen LogP contribution in [-0.2, 0) is 24.4 Å². The second kappa shape index (κ2) is 7.32. The van der Waals surface area contributed by atoms with Crippen molar-refractivity contribution in [2.75, 3.05) is 0 Å². The summed E-state index contributed by atoms with van der Waals surface area (Å²) in [6.45, 7) is 0.866. The van der Waals surface area contributed by atoms with Crippen LogP contribution in [0.1, 0.15) is 11.1 Å². The van der Waals surface area contributed by atoms with E-state index in [2.05, 4.69) is 6.07 Å². The zero-order chi connectivity index (χ0) is 19.8. The van der Waals surface area contributed by atoms with Crippen LogP contribution >= 0.6 is 23.2 Å². The van der Waals surface area contributed by atoms with Crippen molar-refractivity contribution in [2.24, 2.45) is 0 Å². The van der Waals surface area contributed by atoms with Crippen molar-refractivity contribution in [1.82, 2.24) is 13.9 Å². The Morgan fingerprint density at radius 2 is 1.57 bits per heavy atom. The number of aromatic nitrogens is 3. The van der Waals surface area contributed by atoms with Crippen LogP contribution in [0.3, 0.4) is 0 Å². The van der Waals surface area contributed by atoms with E-state index in [9.17, 15) is 9.59 Å². The number of halogens is 2. The topological polar surface area (TPSA) is 81.9 Å². The molecule has 142 valence electrons. The van der Waals surface area contributed by atoms with Gasteiger partial charge >= 0.3 is 11.4 Å². The first kappa shape index (κ1) is 18.6. The van der Waals surface area contributed by atoms with Gasteiger partial charge in [-0.3, -0.25) is 0 Å². The van der Waals surface area contributed by atoms with Crippen LogP contribution < -0.4 is 11.4 Å². The van der Waals surface area contributed by atoms with Gasteiger partial charge in [0.05, 0.1) is 43.1 Å². The summed E-state index contributed by atoms with van der Waals surface area (Å²) in [5.74, 6) is 0. The van der Waals surface area contributed by atoms with Crippen molar-refractivity contribution in [3.63, 3.8) is 0 Å². The quantitative estimate of drug-likeness (QED) is 0.654. The van der Waals surface area contributed by atoms with Crippen LogP contribution in [0.25, 0.3) is 5.69 Å². The number of rotatable bonds is 4. The normalized spacial score (nSPS) is 13.5. The van der Waals surface area contributed by atoms with Gasteiger partial charge in [0, 0.05) is 10.0 Å². The average Bonchev–Trinajstić information content (AvgIpc) is 3.19. The first-order valence-corrected chi connectivity index (χ1v) is 9.21. The number of ether oxygens (including phenoxy) is 1. The van der Waals surface area contributed by atoms with Gasteiger partial charge in [0.1, 0.15) is 0 Å². The second-order valence-electron chi connectivity index (χ2n) is 6.43. The van der Waals surface area contributed by atoms with Gasteiger partial charge in [0.2, 0.25) is 0 Å². The monoisotopic (exact) mass is 416 g/mol. The van der Waals surface area contributed by atoms with E-state index < -0.39 is 11.4 Å². The molecule has 0 radical (unpaired) electrons. The van der Waals surface area contributed by atoms with Gasteiger partial charge in [-0.05, 0) is 35.9 Å². The van der Waals surface area contributed by atoms with Gasteiger partial charge in [-0.25, -0.2) is 23.5 Å². The molecule has 7 nitrogen and oxygen atoms in total. The molecule has 0 saturated heterocycles. The molecule has 3 aromatic rings. The minimum atomic E-state index is -0.465. The van der Waals surface area contributed by atoms with Gasteiger partial charge in [-0.2, -0.15) is 5.26 Å². The summed E-state index contributed by atoms with van der Waals surface area (Å²) in [5.41, 5.74) is 0.889. The molecule has 0 saturated carbocycles. The van der Waals surface area contributed by atoms with Crippen molar-refractivity contribution < 1.29 is 4.74 Å². The van der Waals surface area contributed by atoms with Gasteiger partial charge in [-0.15, -0.1) is 0 Å². The molecule has 28 heavy (non-hydrogen) atoms. The first-order chi connectivity index (χ1) is 13.5. The molecule has 0 spiro atoms. The lowest BCUT2D eigenvalue weighted by Gasteiger charge is -2.10. The van der Waals surface area contributed by atoms with Crippen LogP contribution in [0.4, 0.5) is 0 Å². The highest BCUT2D eigenvalue weighted by Gasteiger charge is 2.28. The van der Waals surface area contributed by atoms with Crippen LogP contribution in [0.2, 0.25) is 10.0 Å². The highest BCUT2D eigenvalue weighted by molar-refractivity contribution is 6.34. The molecule has 0 bridgehead atoms. The average molecular weight is 417 g/mol. The van der Waals surface area contributed by atoms with E-state index in [1.165, 1.54) is 27.6 Å².